The van der Waals surface area contributed by atoms with Gasteiger partial charge in [0, 0.05) is 41.4 Å². The topological polar surface area (TPSA) is 45.3 Å². The molecule has 2 aliphatic rings. The number of anilines is 1. The first-order chi connectivity index (χ1) is 9.15. The molecule has 4 rings (SSSR count). The van der Waals surface area contributed by atoms with Crippen LogP contribution in [0.4, 0.5) is 5.69 Å². The van der Waals surface area contributed by atoms with Gasteiger partial charge >= 0.3 is 0 Å². The first-order valence-corrected chi connectivity index (χ1v) is 6.62. The molecule has 0 bridgehead atoms. The summed E-state index contributed by atoms with van der Waals surface area (Å²) in [6.07, 6.45) is 0. The molecule has 4 heteroatoms. The molecule has 1 aromatic carbocycles. The third kappa shape index (κ3) is 1.60. The van der Waals surface area contributed by atoms with E-state index >= 15 is 0 Å². The van der Waals surface area contributed by atoms with E-state index in [1.165, 1.54) is 0 Å². The van der Waals surface area contributed by atoms with E-state index in [0.29, 0.717) is 5.41 Å². The van der Waals surface area contributed by atoms with Gasteiger partial charge < -0.3 is 14.6 Å². The van der Waals surface area contributed by atoms with Crippen molar-refractivity contribution >= 4 is 16.6 Å². The molecule has 2 aromatic rings. The van der Waals surface area contributed by atoms with Gasteiger partial charge in [0.25, 0.3) is 0 Å². The summed E-state index contributed by atoms with van der Waals surface area (Å²) in [5.41, 5.74) is 3.44. The lowest BCUT2D eigenvalue weighted by Gasteiger charge is -2.56. The fourth-order valence-corrected chi connectivity index (χ4v) is 3.08. The molecule has 1 spiro atoms. The molecule has 2 aliphatic heterocycles. The number of nitrogens with zero attached hydrogens (tertiary/aromatic N) is 1. The largest absolute Gasteiger partial charge is 0.380 e. The average molecular weight is 256 g/mol. The summed E-state index contributed by atoms with van der Waals surface area (Å²) < 4.78 is 5.29. The zero-order chi connectivity index (χ0) is 13.0. The van der Waals surface area contributed by atoms with Crippen LogP contribution in [-0.2, 0) is 4.74 Å². The summed E-state index contributed by atoms with van der Waals surface area (Å²) in [5.74, 6) is 0. The fraction of sp³-hybridized carbons (Fsp3) is 0.400. The summed E-state index contributed by atoms with van der Waals surface area (Å²) in [6.45, 7) is 5.77. The highest BCUT2D eigenvalue weighted by molar-refractivity contribution is 5.82. The highest BCUT2D eigenvalue weighted by Gasteiger charge is 2.49. The van der Waals surface area contributed by atoms with Crippen LogP contribution in [0.3, 0.4) is 0 Å². The summed E-state index contributed by atoms with van der Waals surface area (Å²) >= 11 is 0. The number of H-pyrrole nitrogens is 1. The van der Waals surface area contributed by atoms with Crippen LogP contribution in [0.25, 0.3) is 10.9 Å². The van der Waals surface area contributed by atoms with Gasteiger partial charge in [-0.3, -0.25) is 4.79 Å². The van der Waals surface area contributed by atoms with Gasteiger partial charge in [0.05, 0.1) is 18.6 Å². The number of ether oxygens (including phenoxy) is 1. The predicted molar refractivity (Wildman–Crippen MR) is 74.8 cm³/mol. The lowest BCUT2D eigenvalue weighted by molar-refractivity contribution is -0.127. The standard InChI is InChI=1S/C15H16N2O2/c1-10-4-14(18)12-5-11(2-3-13(12)16-10)17-6-15(7-17)8-19-9-15/h2-5H,6-9H2,1H3,(H,16,18). The number of hydrogen-bond acceptors (Lipinski definition) is 3. The zero-order valence-corrected chi connectivity index (χ0v) is 10.9. The molecule has 0 radical (unpaired) electrons. The summed E-state index contributed by atoms with van der Waals surface area (Å²) in [4.78, 5) is 17.6. The molecular formula is C15H16N2O2. The maximum atomic E-state index is 12.0. The maximum Gasteiger partial charge on any atom is 0.189 e. The van der Waals surface area contributed by atoms with Crippen molar-refractivity contribution in [1.29, 1.82) is 0 Å². The molecule has 0 aliphatic carbocycles. The Morgan fingerprint density at radius 2 is 2.05 bits per heavy atom. The number of benzene rings is 1. The van der Waals surface area contributed by atoms with E-state index in [1.807, 2.05) is 19.1 Å². The van der Waals surface area contributed by atoms with E-state index < -0.39 is 0 Å². The van der Waals surface area contributed by atoms with Crippen LogP contribution in [-0.4, -0.2) is 31.3 Å². The van der Waals surface area contributed by atoms with E-state index in [9.17, 15) is 4.79 Å². The van der Waals surface area contributed by atoms with Crippen LogP contribution in [0, 0.1) is 12.3 Å². The minimum absolute atomic E-state index is 0.0929. The second-order valence-electron chi connectivity index (χ2n) is 5.90. The molecule has 0 atom stereocenters. The number of hydrogen-bond donors (Lipinski definition) is 1. The van der Waals surface area contributed by atoms with Crippen molar-refractivity contribution in [3.63, 3.8) is 0 Å². The highest BCUT2D eigenvalue weighted by atomic mass is 16.5. The first kappa shape index (κ1) is 11.1. The van der Waals surface area contributed by atoms with Crippen LogP contribution >= 0.6 is 0 Å². The Morgan fingerprint density at radius 3 is 2.74 bits per heavy atom. The van der Waals surface area contributed by atoms with Crippen molar-refractivity contribution in [2.45, 2.75) is 6.92 Å². The number of pyridine rings is 1. The van der Waals surface area contributed by atoms with Crippen molar-refractivity contribution in [2.75, 3.05) is 31.2 Å². The van der Waals surface area contributed by atoms with Crippen LogP contribution in [0.15, 0.2) is 29.1 Å². The Morgan fingerprint density at radius 1 is 1.26 bits per heavy atom. The van der Waals surface area contributed by atoms with Gasteiger partial charge in [0.15, 0.2) is 5.43 Å². The molecule has 2 fully saturated rings. The van der Waals surface area contributed by atoms with Gasteiger partial charge in [0.1, 0.15) is 0 Å². The monoisotopic (exact) mass is 256 g/mol. The van der Waals surface area contributed by atoms with Crippen LogP contribution in [0.1, 0.15) is 5.69 Å². The van der Waals surface area contributed by atoms with Gasteiger partial charge in [-0.2, -0.15) is 0 Å². The van der Waals surface area contributed by atoms with Gasteiger partial charge in [-0.25, -0.2) is 0 Å². The zero-order valence-electron chi connectivity index (χ0n) is 10.9. The van der Waals surface area contributed by atoms with Crippen LogP contribution in [0.5, 0.6) is 0 Å². The van der Waals surface area contributed by atoms with Gasteiger partial charge in [0.2, 0.25) is 0 Å². The van der Waals surface area contributed by atoms with E-state index in [0.717, 1.165) is 48.6 Å². The number of aryl methyl sites for hydroxylation is 1. The third-order valence-corrected chi connectivity index (χ3v) is 4.18. The molecule has 1 aromatic heterocycles. The summed E-state index contributed by atoms with van der Waals surface area (Å²) in [6, 6.07) is 7.74. The van der Waals surface area contributed by atoms with Gasteiger partial charge in [-0.05, 0) is 25.1 Å². The Balaban J connectivity index is 1.71. The molecule has 19 heavy (non-hydrogen) atoms. The second kappa shape index (κ2) is 3.61. The molecule has 0 amide bonds. The van der Waals surface area contributed by atoms with E-state index in [2.05, 4.69) is 16.0 Å². The number of aromatic amines is 1. The number of rotatable bonds is 1. The number of fused-ring (bicyclic) bond motifs is 1. The molecule has 98 valence electrons. The smallest absolute Gasteiger partial charge is 0.189 e. The summed E-state index contributed by atoms with van der Waals surface area (Å²) in [5, 5.41) is 0.772. The van der Waals surface area contributed by atoms with E-state index in [-0.39, 0.29) is 5.43 Å². The molecule has 3 heterocycles. The molecular weight excluding hydrogens is 240 g/mol. The summed E-state index contributed by atoms with van der Waals surface area (Å²) in [7, 11) is 0. The predicted octanol–water partition coefficient (Wildman–Crippen LogP) is 1.67. The van der Waals surface area contributed by atoms with E-state index in [4.69, 9.17) is 4.74 Å². The molecule has 0 unspecified atom stereocenters. The van der Waals surface area contributed by atoms with Gasteiger partial charge in [-0.1, -0.05) is 0 Å². The molecule has 1 N–H and O–H groups in total. The average Bonchev–Trinajstić information content (AvgIpc) is 2.25. The Bertz CT molecular complexity index is 708. The lowest BCUT2D eigenvalue weighted by Crippen LogP contribution is -2.66. The molecule has 0 saturated carbocycles. The third-order valence-electron chi connectivity index (χ3n) is 4.18. The molecule has 2 saturated heterocycles. The Hall–Kier alpha value is -1.81. The second-order valence-corrected chi connectivity index (χ2v) is 5.90. The quantitative estimate of drug-likeness (QED) is 0.844. The van der Waals surface area contributed by atoms with Crippen LogP contribution in [0.2, 0.25) is 0 Å². The normalized spacial score (nSPS) is 20.4. The van der Waals surface area contributed by atoms with Crippen molar-refractivity contribution in [3.05, 3.63) is 40.2 Å². The number of nitrogens with one attached hydrogen (secondary N) is 1. The minimum atomic E-state index is 0.0929. The first-order valence-electron chi connectivity index (χ1n) is 6.62. The van der Waals surface area contributed by atoms with Crippen molar-refractivity contribution in [3.8, 4) is 0 Å². The van der Waals surface area contributed by atoms with Crippen molar-refractivity contribution < 1.29 is 4.74 Å². The maximum absolute atomic E-state index is 12.0. The minimum Gasteiger partial charge on any atom is -0.380 e. The number of aromatic nitrogens is 1. The Kier molecular flexibility index (Phi) is 2.10. The van der Waals surface area contributed by atoms with Gasteiger partial charge in [-0.15, -0.1) is 0 Å². The van der Waals surface area contributed by atoms with Crippen molar-refractivity contribution in [2.24, 2.45) is 5.41 Å². The van der Waals surface area contributed by atoms with Crippen molar-refractivity contribution in [1.82, 2.24) is 4.98 Å². The molecule has 4 nitrogen and oxygen atoms in total. The Labute approximate surface area is 111 Å². The fourth-order valence-electron chi connectivity index (χ4n) is 3.08. The van der Waals surface area contributed by atoms with E-state index in [1.54, 1.807) is 6.07 Å². The SMILES string of the molecule is Cc1cc(=O)c2cc(N3CC4(COC4)C3)ccc2[nH]1. The lowest BCUT2D eigenvalue weighted by atomic mass is 9.78. The van der Waals surface area contributed by atoms with Crippen LogP contribution < -0.4 is 10.3 Å². The highest BCUT2D eigenvalue weighted by Crippen LogP contribution is 2.40.